The molecule has 2 aromatic carbocycles. The minimum atomic E-state index is -0.303. The van der Waals surface area contributed by atoms with Crippen molar-refractivity contribution in [2.75, 3.05) is 32.1 Å². The molecule has 156 valence electrons. The summed E-state index contributed by atoms with van der Waals surface area (Å²) in [6.07, 6.45) is 3.87. The van der Waals surface area contributed by atoms with Crippen LogP contribution in [-0.2, 0) is 6.54 Å². The van der Waals surface area contributed by atoms with Gasteiger partial charge in [0.2, 0.25) is 0 Å². The van der Waals surface area contributed by atoms with Gasteiger partial charge in [-0.05, 0) is 43.2 Å². The molecule has 30 heavy (non-hydrogen) atoms. The van der Waals surface area contributed by atoms with Crippen molar-refractivity contribution in [3.63, 3.8) is 0 Å². The zero-order chi connectivity index (χ0) is 20.9. The van der Waals surface area contributed by atoms with Crippen molar-refractivity contribution >= 4 is 28.7 Å². The highest BCUT2D eigenvalue weighted by molar-refractivity contribution is 5.97. The molecule has 3 amide bonds. The Hall–Kier alpha value is -3.55. The van der Waals surface area contributed by atoms with Crippen LogP contribution < -0.4 is 15.4 Å². The minimum absolute atomic E-state index is 0.0682. The van der Waals surface area contributed by atoms with Gasteiger partial charge >= 0.3 is 6.03 Å². The molecule has 0 atom stereocenters. The third-order valence-corrected chi connectivity index (χ3v) is 5.25. The number of rotatable bonds is 6. The number of imidazole rings is 1. The van der Waals surface area contributed by atoms with E-state index >= 15 is 0 Å². The molecule has 3 aromatic rings. The van der Waals surface area contributed by atoms with Crippen LogP contribution in [0.4, 0.5) is 10.5 Å². The van der Waals surface area contributed by atoms with Crippen molar-refractivity contribution in [2.45, 2.75) is 19.4 Å². The highest BCUT2D eigenvalue weighted by Crippen LogP contribution is 2.22. The molecule has 1 aliphatic heterocycles. The molecule has 4 rings (SSSR count). The maximum atomic E-state index is 12.6. The summed E-state index contributed by atoms with van der Waals surface area (Å²) in [5.74, 6) is 0.672. The average Bonchev–Trinajstić information content (AvgIpc) is 3.44. The molecule has 2 N–H and O–H groups in total. The first kappa shape index (κ1) is 19.8. The molecule has 0 aliphatic carbocycles. The first-order valence-corrected chi connectivity index (χ1v) is 10.1. The van der Waals surface area contributed by atoms with Gasteiger partial charge in [-0.2, -0.15) is 0 Å². The molecule has 8 nitrogen and oxygen atoms in total. The number of hydrogen-bond acceptors (Lipinski definition) is 4. The maximum Gasteiger partial charge on any atom is 0.319 e. The van der Waals surface area contributed by atoms with Gasteiger partial charge in [0.1, 0.15) is 5.75 Å². The van der Waals surface area contributed by atoms with Gasteiger partial charge in [0.05, 0.1) is 30.2 Å². The van der Waals surface area contributed by atoms with Crippen molar-refractivity contribution in [1.82, 2.24) is 19.8 Å². The van der Waals surface area contributed by atoms with Crippen molar-refractivity contribution < 1.29 is 14.3 Å². The second-order valence-electron chi connectivity index (χ2n) is 7.22. The first-order chi connectivity index (χ1) is 14.7. The number of amides is 3. The molecular weight excluding hydrogens is 382 g/mol. The quantitative estimate of drug-likeness (QED) is 0.657. The molecule has 0 spiro atoms. The van der Waals surface area contributed by atoms with Crippen LogP contribution in [-0.4, -0.2) is 53.1 Å². The number of nitrogens with zero attached hydrogens (tertiary/aromatic N) is 3. The second kappa shape index (κ2) is 8.86. The lowest BCUT2D eigenvalue weighted by Gasteiger charge is -2.15. The SMILES string of the molecule is COc1ccccc1NC(=O)NCCn1cnc2cc(C(=O)N3CCCC3)ccc21. The van der Waals surface area contributed by atoms with Crippen LogP contribution >= 0.6 is 0 Å². The van der Waals surface area contributed by atoms with E-state index in [1.165, 1.54) is 0 Å². The Labute approximate surface area is 174 Å². The highest BCUT2D eigenvalue weighted by Gasteiger charge is 2.20. The first-order valence-electron chi connectivity index (χ1n) is 10.1. The number of benzene rings is 2. The number of ether oxygens (including phenoxy) is 1. The van der Waals surface area contributed by atoms with E-state index < -0.39 is 0 Å². The highest BCUT2D eigenvalue weighted by atomic mass is 16.5. The third-order valence-electron chi connectivity index (χ3n) is 5.25. The zero-order valence-corrected chi connectivity index (χ0v) is 16.9. The zero-order valence-electron chi connectivity index (χ0n) is 16.9. The number of likely N-dealkylation sites (tertiary alicyclic amines) is 1. The average molecular weight is 407 g/mol. The van der Waals surface area contributed by atoms with E-state index in [-0.39, 0.29) is 11.9 Å². The number of nitrogens with one attached hydrogen (secondary N) is 2. The molecule has 0 unspecified atom stereocenters. The minimum Gasteiger partial charge on any atom is -0.495 e. The van der Waals surface area contributed by atoms with Gasteiger partial charge in [-0.15, -0.1) is 0 Å². The molecule has 8 heteroatoms. The second-order valence-corrected chi connectivity index (χ2v) is 7.22. The number of anilines is 1. The number of carbonyl (C=O) groups excluding carboxylic acids is 2. The molecule has 1 saturated heterocycles. The topological polar surface area (TPSA) is 88.5 Å². The number of para-hydroxylation sites is 2. The van der Waals surface area contributed by atoms with Crippen molar-refractivity contribution in [3.05, 3.63) is 54.4 Å². The Kier molecular flexibility index (Phi) is 5.83. The molecule has 0 radical (unpaired) electrons. The Morgan fingerprint density at radius 1 is 1.13 bits per heavy atom. The summed E-state index contributed by atoms with van der Waals surface area (Å²) in [6, 6.07) is 12.5. The number of aromatic nitrogens is 2. The summed E-state index contributed by atoms with van der Waals surface area (Å²) in [6.45, 7) is 2.65. The molecule has 1 aromatic heterocycles. The maximum absolute atomic E-state index is 12.6. The van der Waals surface area contributed by atoms with Gasteiger partial charge in [-0.25, -0.2) is 9.78 Å². The van der Waals surface area contributed by atoms with E-state index in [2.05, 4.69) is 15.6 Å². The van der Waals surface area contributed by atoms with E-state index in [1.54, 1.807) is 25.6 Å². The number of methoxy groups -OCH3 is 1. The Morgan fingerprint density at radius 2 is 1.93 bits per heavy atom. The lowest BCUT2D eigenvalue weighted by Crippen LogP contribution is -2.31. The molecular formula is C22H25N5O3. The van der Waals surface area contributed by atoms with Gasteiger partial charge in [0.25, 0.3) is 5.91 Å². The Bertz CT molecular complexity index is 1060. The Balaban J connectivity index is 1.35. The summed E-state index contributed by atoms with van der Waals surface area (Å²) >= 11 is 0. The van der Waals surface area contributed by atoms with Gasteiger partial charge in [0.15, 0.2) is 0 Å². The number of hydrogen-bond donors (Lipinski definition) is 2. The van der Waals surface area contributed by atoms with Crippen molar-refractivity contribution in [1.29, 1.82) is 0 Å². The monoisotopic (exact) mass is 407 g/mol. The Morgan fingerprint density at radius 3 is 2.73 bits per heavy atom. The predicted octanol–water partition coefficient (Wildman–Crippen LogP) is 3.10. The van der Waals surface area contributed by atoms with Gasteiger partial charge in [0, 0.05) is 31.7 Å². The van der Waals surface area contributed by atoms with E-state index in [1.807, 2.05) is 39.8 Å². The summed E-state index contributed by atoms with van der Waals surface area (Å²) in [7, 11) is 1.56. The lowest BCUT2D eigenvalue weighted by atomic mass is 10.1. The summed E-state index contributed by atoms with van der Waals surface area (Å²) in [4.78, 5) is 31.1. The normalized spacial score (nSPS) is 13.4. The largest absolute Gasteiger partial charge is 0.495 e. The summed E-state index contributed by atoms with van der Waals surface area (Å²) in [5.41, 5.74) is 2.99. The van der Waals surface area contributed by atoms with Gasteiger partial charge in [-0.3, -0.25) is 4.79 Å². The van der Waals surface area contributed by atoms with Crippen LogP contribution in [0.25, 0.3) is 11.0 Å². The van der Waals surface area contributed by atoms with Crippen LogP contribution in [0.15, 0.2) is 48.8 Å². The van der Waals surface area contributed by atoms with Crippen molar-refractivity contribution in [2.24, 2.45) is 0 Å². The number of urea groups is 1. The molecule has 0 bridgehead atoms. The smallest absolute Gasteiger partial charge is 0.319 e. The van der Waals surface area contributed by atoms with Crippen molar-refractivity contribution in [3.8, 4) is 5.75 Å². The van der Waals surface area contributed by atoms with Gasteiger partial charge < -0.3 is 24.8 Å². The van der Waals surface area contributed by atoms with Crippen LogP contribution in [0.2, 0.25) is 0 Å². The lowest BCUT2D eigenvalue weighted by molar-refractivity contribution is 0.0793. The fourth-order valence-electron chi connectivity index (χ4n) is 3.68. The third kappa shape index (κ3) is 4.22. The van der Waals surface area contributed by atoms with E-state index in [4.69, 9.17) is 4.74 Å². The number of fused-ring (bicyclic) bond motifs is 1. The van der Waals surface area contributed by atoms with E-state index in [9.17, 15) is 9.59 Å². The molecule has 1 fully saturated rings. The molecule has 1 aliphatic rings. The predicted molar refractivity (Wildman–Crippen MR) is 115 cm³/mol. The molecule has 0 saturated carbocycles. The van der Waals surface area contributed by atoms with Crippen LogP contribution in [0, 0.1) is 0 Å². The number of carbonyl (C=O) groups is 2. The fraction of sp³-hybridized carbons (Fsp3) is 0.318. The van der Waals surface area contributed by atoms with E-state index in [0.717, 1.165) is 37.0 Å². The van der Waals surface area contributed by atoms with Crippen LogP contribution in [0.1, 0.15) is 23.2 Å². The molecule has 2 heterocycles. The van der Waals surface area contributed by atoms with E-state index in [0.29, 0.717) is 30.1 Å². The summed E-state index contributed by atoms with van der Waals surface area (Å²) in [5, 5.41) is 5.62. The van der Waals surface area contributed by atoms with Crippen LogP contribution in [0.5, 0.6) is 5.75 Å². The van der Waals surface area contributed by atoms with Crippen LogP contribution in [0.3, 0.4) is 0 Å². The fourth-order valence-corrected chi connectivity index (χ4v) is 3.68. The standard InChI is InChI=1S/C22H25N5O3/c1-30-20-7-3-2-6-17(20)25-22(29)23-10-13-27-15-24-18-14-16(8-9-19(18)27)21(28)26-11-4-5-12-26/h2-3,6-9,14-15H,4-5,10-13H2,1H3,(H2,23,25,29). The van der Waals surface area contributed by atoms with Gasteiger partial charge in [-0.1, -0.05) is 12.1 Å². The summed E-state index contributed by atoms with van der Waals surface area (Å²) < 4.78 is 7.20.